The molecule has 0 N–H and O–H groups in total. The number of rotatable bonds is 6. The fourth-order valence-electron chi connectivity index (χ4n) is 5.53. The van der Waals surface area contributed by atoms with Crippen molar-refractivity contribution < 1.29 is 14.3 Å². The molecule has 8 heteroatoms. The molecular formula is C26H35N5O3. The van der Waals surface area contributed by atoms with Gasteiger partial charge in [-0.3, -0.25) is 19.3 Å². The van der Waals surface area contributed by atoms with E-state index in [2.05, 4.69) is 4.98 Å². The van der Waals surface area contributed by atoms with Gasteiger partial charge < -0.3 is 14.5 Å². The first kappa shape index (κ1) is 23.0. The molecule has 2 aliphatic heterocycles. The van der Waals surface area contributed by atoms with Crippen molar-refractivity contribution in [2.24, 2.45) is 5.92 Å². The minimum absolute atomic E-state index is 0.0594. The van der Waals surface area contributed by atoms with Crippen LogP contribution in [-0.2, 0) is 29.0 Å². The first-order chi connectivity index (χ1) is 16.7. The van der Waals surface area contributed by atoms with E-state index in [4.69, 9.17) is 9.84 Å². The van der Waals surface area contributed by atoms with Crippen molar-refractivity contribution in [3.63, 3.8) is 0 Å². The van der Waals surface area contributed by atoms with Crippen molar-refractivity contribution >= 4 is 11.8 Å². The first-order valence-corrected chi connectivity index (χ1v) is 12.8. The molecule has 2 amide bonds. The normalized spacial score (nSPS) is 19.2. The van der Waals surface area contributed by atoms with E-state index in [0.29, 0.717) is 70.4 Å². The minimum atomic E-state index is -0.0594. The van der Waals surface area contributed by atoms with Crippen molar-refractivity contribution in [3.8, 4) is 0 Å². The Kier molecular flexibility index (Phi) is 7.23. The van der Waals surface area contributed by atoms with Gasteiger partial charge in [0.1, 0.15) is 0 Å². The summed E-state index contributed by atoms with van der Waals surface area (Å²) in [6.45, 7) is 3.91. The maximum absolute atomic E-state index is 13.4. The molecule has 0 aromatic carbocycles. The molecule has 182 valence electrons. The number of nitrogens with zero attached hydrogens (tertiary/aromatic N) is 5. The average molecular weight is 466 g/mol. The molecule has 4 heterocycles. The highest BCUT2D eigenvalue weighted by molar-refractivity contribution is 5.94. The van der Waals surface area contributed by atoms with E-state index >= 15 is 0 Å². The lowest BCUT2D eigenvalue weighted by molar-refractivity contribution is -0.132. The third-order valence-electron chi connectivity index (χ3n) is 7.52. The maximum atomic E-state index is 13.4. The standard InChI is InChI=1S/C26H35N5O3/c32-24(10-9-20-6-2-1-3-7-20)30-13-11-23-22(19-30)25(26(33)29-14-16-34-17-15-29)28-31(23)18-21-8-4-5-12-27-21/h4-5,8,12,20H,1-3,6-7,9-11,13-19H2. The van der Waals surface area contributed by atoms with E-state index in [1.54, 1.807) is 6.20 Å². The van der Waals surface area contributed by atoms with E-state index in [1.165, 1.54) is 32.1 Å². The number of amides is 2. The Labute approximate surface area is 201 Å². The third kappa shape index (κ3) is 5.17. The van der Waals surface area contributed by atoms with Gasteiger partial charge in [0.2, 0.25) is 5.91 Å². The molecule has 2 fully saturated rings. The first-order valence-electron chi connectivity index (χ1n) is 12.8. The second kappa shape index (κ2) is 10.7. The van der Waals surface area contributed by atoms with Crippen LogP contribution in [0.4, 0.5) is 0 Å². The molecule has 2 aromatic heterocycles. The number of ether oxygens (including phenoxy) is 1. The van der Waals surface area contributed by atoms with Crippen LogP contribution in [0.5, 0.6) is 0 Å². The van der Waals surface area contributed by atoms with Crippen molar-refractivity contribution in [2.75, 3.05) is 32.8 Å². The van der Waals surface area contributed by atoms with Crippen LogP contribution in [0, 0.1) is 5.92 Å². The summed E-state index contributed by atoms with van der Waals surface area (Å²) in [6, 6.07) is 5.83. The van der Waals surface area contributed by atoms with Gasteiger partial charge in [0.15, 0.2) is 5.69 Å². The van der Waals surface area contributed by atoms with Gasteiger partial charge in [0.05, 0.1) is 25.5 Å². The molecular weight excluding hydrogens is 430 g/mol. The lowest BCUT2D eigenvalue weighted by Crippen LogP contribution is -2.42. The minimum Gasteiger partial charge on any atom is -0.378 e. The van der Waals surface area contributed by atoms with Crippen LogP contribution >= 0.6 is 0 Å². The molecule has 0 radical (unpaired) electrons. The Balaban J connectivity index is 1.34. The van der Waals surface area contributed by atoms with Gasteiger partial charge in [0.25, 0.3) is 5.91 Å². The highest BCUT2D eigenvalue weighted by Gasteiger charge is 2.32. The highest BCUT2D eigenvalue weighted by atomic mass is 16.5. The molecule has 0 spiro atoms. The van der Waals surface area contributed by atoms with Crippen LogP contribution in [0.25, 0.3) is 0 Å². The molecule has 0 bridgehead atoms. The molecule has 5 rings (SSSR count). The number of pyridine rings is 1. The number of hydrogen-bond donors (Lipinski definition) is 0. The fourth-order valence-corrected chi connectivity index (χ4v) is 5.53. The second-order valence-electron chi connectivity index (χ2n) is 9.77. The van der Waals surface area contributed by atoms with E-state index < -0.39 is 0 Å². The third-order valence-corrected chi connectivity index (χ3v) is 7.52. The van der Waals surface area contributed by atoms with Crippen molar-refractivity contribution in [3.05, 3.63) is 47.0 Å². The van der Waals surface area contributed by atoms with Crippen LogP contribution in [0.2, 0.25) is 0 Å². The Morgan fingerprint density at radius 3 is 2.62 bits per heavy atom. The molecule has 8 nitrogen and oxygen atoms in total. The summed E-state index contributed by atoms with van der Waals surface area (Å²) in [5, 5.41) is 4.78. The molecule has 2 aromatic rings. The molecule has 1 saturated carbocycles. The van der Waals surface area contributed by atoms with Crippen LogP contribution in [0.15, 0.2) is 24.4 Å². The summed E-state index contributed by atoms with van der Waals surface area (Å²) in [5.41, 5.74) is 3.35. The summed E-state index contributed by atoms with van der Waals surface area (Å²) < 4.78 is 7.35. The summed E-state index contributed by atoms with van der Waals surface area (Å²) >= 11 is 0. The number of hydrogen-bond acceptors (Lipinski definition) is 5. The summed E-state index contributed by atoms with van der Waals surface area (Å²) in [6.07, 6.45) is 10.5. The Hall–Kier alpha value is -2.74. The van der Waals surface area contributed by atoms with Crippen molar-refractivity contribution in [1.82, 2.24) is 24.6 Å². The van der Waals surface area contributed by atoms with Crippen LogP contribution < -0.4 is 0 Å². The average Bonchev–Trinajstić information content (AvgIpc) is 3.26. The molecule has 3 aliphatic rings. The highest BCUT2D eigenvalue weighted by Crippen LogP contribution is 2.29. The molecule has 0 atom stereocenters. The van der Waals surface area contributed by atoms with Gasteiger partial charge in [-0.25, -0.2) is 0 Å². The zero-order valence-corrected chi connectivity index (χ0v) is 20.0. The number of carbonyl (C=O) groups is 2. The maximum Gasteiger partial charge on any atom is 0.274 e. The van der Waals surface area contributed by atoms with E-state index in [0.717, 1.165) is 23.4 Å². The Morgan fingerprint density at radius 1 is 1.03 bits per heavy atom. The summed E-state index contributed by atoms with van der Waals surface area (Å²) in [5.74, 6) is 0.840. The van der Waals surface area contributed by atoms with Crippen molar-refractivity contribution in [1.29, 1.82) is 0 Å². The summed E-state index contributed by atoms with van der Waals surface area (Å²) in [7, 11) is 0. The lowest BCUT2D eigenvalue weighted by Gasteiger charge is -2.30. The quantitative estimate of drug-likeness (QED) is 0.655. The largest absolute Gasteiger partial charge is 0.378 e. The van der Waals surface area contributed by atoms with Gasteiger partial charge in [-0.1, -0.05) is 38.2 Å². The van der Waals surface area contributed by atoms with Crippen LogP contribution in [-0.4, -0.2) is 69.2 Å². The Morgan fingerprint density at radius 2 is 1.85 bits per heavy atom. The Bertz CT molecular complexity index is 993. The van der Waals surface area contributed by atoms with E-state index in [9.17, 15) is 9.59 Å². The molecule has 1 saturated heterocycles. The predicted octanol–water partition coefficient (Wildman–Crippen LogP) is 3.04. The van der Waals surface area contributed by atoms with E-state index in [-0.39, 0.29) is 11.8 Å². The topological polar surface area (TPSA) is 80.6 Å². The number of morpholine rings is 1. The van der Waals surface area contributed by atoms with Gasteiger partial charge in [-0.15, -0.1) is 0 Å². The van der Waals surface area contributed by atoms with Crippen molar-refractivity contribution in [2.45, 2.75) is 64.5 Å². The predicted molar refractivity (Wildman–Crippen MR) is 127 cm³/mol. The SMILES string of the molecule is O=C(CCC1CCCCC1)N1CCc2c(c(C(=O)N3CCOCC3)nn2Cc2ccccn2)C1. The van der Waals surface area contributed by atoms with E-state index in [1.807, 2.05) is 32.7 Å². The van der Waals surface area contributed by atoms with Gasteiger partial charge in [-0.05, 0) is 24.5 Å². The number of fused-ring (bicyclic) bond motifs is 1. The summed E-state index contributed by atoms with van der Waals surface area (Å²) in [4.78, 5) is 34.7. The van der Waals surface area contributed by atoms with Crippen LogP contribution in [0.3, 0.4) is 0 Å². The molecule has 0 unspecified atom stereocenters. The van der Waals surface area contributed by atoms with Gasteiger partial charge >= 0.3 is 0 Å². The second-order valence-corrected chi connectivity index (χ2v) is 9.77. The fraction of sp³-hybridized carbons (Fsp3) is 0.615. The van der Waals surface area contributed by atoms with Crippen LogP contribution in [0.1, 0.15) is 72.4 Å². The molecule has 34 heavy (non-hydrogen) atoms. The number of carbonyl (C=O) groups excluding carboxylic acids is 2. The lowest BCUT2D eigenvalue weighted by atomic mass is 9.86. The van der Waals surface area contributed by atoms with Gasteiger partial charge in [-0.2, -0.15) is 5.10 Å². The smallest absolute Gasteiger partial charge is 0.274 e. The monoisotopic (exact) mass is 465 g/mol. The van der Waals surface area contributed by atoms with Gasteiger partial charge in [0, 0.05) is 56.5 Å². The zero-order valence-electron chi connectivity index (χ0n) is 20.0. The number of aromatic nitrogens is 3. The molecule has 1 aliphatic carbocycles. The zero-order chi connectivity index (χ0) is 23.3.